The highest BCUT2D eigenvalue weighted by Crippen LogP contribution is 2.28. The second kappa shape index (κ2) is 8.38. The molecule has 0 fully saturated rings. The monoisotopic (exact) mass is 391 g/mol. The van der Waals surface area contributed by atoms with Crippen LogP contribution in [-0.2, 0) is 14.8 Å². The fraction of sp³-hybridized carbons (Fsp3) is 0.222. The molecule has 3 aromatic rings. The number of hydrogen-bond acceptors (Lipinski definition) is 6. The summed E-state index contributed by atoms with van der Waals surface area (Å²) >= 11 is 0. The van der Waals surface area contributed by atoms with Gasteiger partial charge in [0.25, 0.3) is 5.89 Å². The molecule has 2 aromatic carbocycles. The third kappa shape index (κ3) is 4.57. The lowest BCUT2D eigenvalue weighted by molar-refractivity contribution is 0.196. The van der Waals surface area contributed by atoms with Gasteiger partial charge in [0.2, 0.25) is 15.8 Å². The summed E-state index contributed by atoms with van der Waals surface area (Å²) in [5.74, 6) is -0.223. The minimum Gasteiger partial charge on any atom is -0.385 e. The van der Waals surface area contributed by atoms with Gasteiger partial charge in [-0.15, -0.1) is 0 Å². The van der Waals surface area contributed by atoms with Gasteiger partial charge in [-0.1, -0.05) is 29.4 Å². The van der Waals surface area contributed by atoms with Crippen LogP contribution in [0.1, 0.15) is 6.42 Å². The number of methoxy groups -OCH3 is 1. The molecule has 7 nitrogen and oxygen atoms in total. The van der Waals surface area contributed by atoms with Gasteiger partial charge in [0.1, 0.15) is 5.82 Å². The zero-order valence-electron chi connectivity index (χ0n) is 14.6. The molecule has 0 bridgehead atoms. The summed E-state index contributed by atoms with van der Waals surface area (Å²) in [4.78, 5) is 4.24. The summed E-state index contributed by atoms with van der Waals surface area (Å²) in [5.41, 5.74) is 0.704. The molecule has 0 aliphatic rings. The van der Waals surface area contributed by atoms with Gasteiger partial charge >= 0.3 is 0 Å². The average molecular weight is 391 g/mol. The molecule has 142 valence electrons. The van der Waals surface area contributed by atoms with Crippen molar-refractivity contribution in [3.8, 4) is 22.8 Å². The number of halogens is 1. The van der Waals surface area contributed by atoms with Gasteiger partial charge in [-0.25, -0.2) is 17.5 Å². The highest BCUT2D eigenvalue weighted by atomic mass is 32.2. The molecule has 0 atom stereocenters. The lowest BCUT2D eigenvalue weighted by atomic mass is 10.2. The number of benzene rings is 2. The molecule has 0 radical (unpaired) electrons. The summed E-state index contributed by atoms with van der Waals surface area (Å²) in [7, 11) is -2.22. The maximum absolute atomic E-state index is 13.4. The first-order chi connectivity index (χ1) is 13.0. The van der Waals surface area contributed by atoms with E-state index in [0.717, 1.165) is 0 Å². The van der Waals surface area contributed by atoms with Crippen LogP contribution in [-0.4, -0.2) is 38.8 Å². The topological polar surface area (TPSA) is 94.3 Å². The van der Waals surface area contributed by atoms with E-state index in [0.29, 0.717) is 18.6 Å². The van der Waals surface area contributed by atoms with E-state index in [-0.39, 0.29) is 28.7 Å². The lowest BCUT2D eigenvalue weighted by Crippen LogP contribution is -2.26. The maximum atomic E-state index is 13.4. The van der Waals surface area contributed by atoms with Gasteiger partial charge in [-0.3, -0.25) is 0 Å². The summed E-state index contributed by atoms with van der Waals surface area (Å²) in [6.45, 7) is 0.688. The van der Waals surface area contributed by atoms with Gasteiger partial charge in [0, 0.05) is 25.8 Å². The molecule has 0 saturated carbocycles. The van der Waals surface area contributed by atoms with Crippen LogP contribution >= 0.6 is 0 Å². The molecule has 0 spiro atoms. The Morgan fingerprint density at radius 3 is 2.78 bits per heavy atom. The van der Waals surface area contributed by atoms with Crippen molar-refractivity contribution in [2.75, 3.05) is 20.3 Å². The fourth-order valence-electron chi connectivity index (χ4n) is 2.46. The standard InChI is InChI=1S/C18H18FN3O4S/c1-25-11-5-10-20-27(23,24)16-9-3-2-8-15(16)18-21-17(22-26-18)13-6-4-7-14(19)12-13/h2-4,6-9,12,20H,5,10-11H2,1H3. The minimum absolute atomic E-state index is 0.0249. The zero-order valence-corrected chi connectivity index (χ0v) is 15.4. The van der Waals surface area contributed by atoms with Crippen molar-refractivity contribution in [2.24, 2.45) is 0 Å². The van der Waals surface area contributed by atoms with E-state index >= 15 is 0 Å². The first-order valence-electron chi connectivity index (χ1n) is 8.19. The molecule has 1 N–H and O–H groups in total. The minimum atomic E-state index is -3.77. The number of nitrogens with one attached hydrogen (secondary N) is 1. The molecule has 27 heavy (non-hydrogen) atoms. The quantitative estimate of drug-likeness (QED) is 0.594. The molecule has 1 heterocycles. The second-order valence-corrected chi connectivity index (χ2v) is 7.41. The predicted molar refractivity (Wildman–Crippen MR) is 96.8 cm³/mol. The van der Waals surface area contributed by atoms with Gasteiger partial charge in [0.15, 0.2) is 0 Å². The Morgan fingerprint density at radius 1 is 1.19 bits per heavy atom. The molecule has 0 aliphatic heterocycles. The van der Waals surface area contributed by atoms with E-state index in [1.165, 1.54) is 24.3 Å². The Kier molecular flexibility index (Phi) is 5.94. The number of ether oxygens (including phenoxy) is 1. The van der Waals surface area contributed by atoms with E-state index < -0.39 is 15.8 Å². The molecule has 0 saturated heterocycles. The predicted octanol–water partition coefficient (Wildman–Crippen LogP) is 2.86. The Balaban J connectivity index is 1.90. The first kappa shape index (κ1) is 19.2. The van der Waals surface area contributed by atoms with Crippen LogP contribution in [0.3, 0.4) is 0 Å². The highest BCUT2D eigenvalue weighted by molar-refractivity contribution is 7.89. The first-order valence-corrected chi connectivity index (χ1v) is 9.67. The van der Waals surface area contributed by atoms with Crippen LogP contribution in [0.2, 0.25) is 0 Å². The zero-order chi connectivity index (χ0) is 19.3. The van der Waals surface area contributed by atoms with Crippen molar-refractivity contribution in [2.45, 2.75) is 11.3 Å². The van der Waals surface area contributed by atoms with Crippen molar-refractivity contribution in [1.82, 2.24) is 14.9 Å². The summed E-state index contributed by atoms with van der Waals surface area (Å²) in [5, 5.41) is 3.83. The van der Waals surface area contributed by atoms with Crippen LogP contribution in [0, 0.1) is 5.82 Å². The van der Waals surface area contributed by atoms with Crippen LogP contribution < -0.4 is 4.72 Å². The van der Waals surface area contributed by atoms with Crippen molar-refractivity contribution < 1.29 is 22.1 Å². The van der Waals surface area contributed by atoms with Crippen LogP contribution in [0.25, 0.3) is 22.8 Å². The Morgan fingerprint density at radius 2 is 2.00 bits per heavy atom. The Hall–Kier alpha value is -2.62. The Labute approximate surface area is 156 Å². The smallest absolute Gasteiger partial charge is 0.259 e. The second-order valence-electron chi connectivity index (χ2n) is 5.67. The van der Waals surface area contributed by atoms with Crippen molar-refractivity contribution in [3.05, 3.63) is 54.3 Å². The van der Waals surface area contributed by atoms with E-state index in [2.05, 4.69) is 14.9 Å². The summed E-state index contributed by atoms with van der Waals surface area (Å²) in [6, 6.07) is 12.1. The molecule has 3 rings (SSSR count). The van der Waals surface area contributed by atoms with Crippen LogP contribution in [0.15, 0.2) is 57.9 Å². The van der Waals surface area contributed by atoms with Gasteiger partial charge in [-0.05, 0) is 30.7 Å². The molecule has 0 unspecified atom stereocenters. The normalized spacial score (nSPS) is 11.6. The number of sulfonamides is 1. The van der Waals surface area contributed by atoms with Gasteiger partial charge < -0.3 is 9.26 Å². The van der Waals surface area contributed by atoms with Crippen LogP contribution in [0.4, 0.5) is 4.39 Å². The fourth-order valence-corrected chi connectivity index (χ4v) is 3.73. The van der Waals surface area contributed by atoms with Crippen molar-refractivity contribution in [3.63, 3.8) is 0 Å². The molecule has 1 aromatic heterocycles. The largest absolute Gasteiger partial charge is 0.385 e. The SMILES string of the molecule is COCCCNS(=O)(=O)c1ccccc1-c1nc(-c2cccc(F)c2)no1. The van der Waals surface area contributed by atoms with E-state index in [9.17, 15) is 12.8 Å². The molecular weight excluding hydrogens is 373 g/mol. The number of aromatic nitrogens is 2. The van der Waals surface area contributed by atoms with Crippen LogP contribution in [0.5, 0.6) is 0 Å². The number of hydrogen-bond donors (Lipinski definition) is 1. The van der Waals surface area contributed by atoms with E-state index in [1.54, 1.807) is 31.4 Å². The lowest BCUT2D eigenvalue weighted by Gasteiger charge is -2.09. The Bertz CT molecular complexity index is 1020. The molecule has 0 amide bonds. The molecular formula is C18H18FN3O4S. The van der Waals surface area contributed by atoms with Gasteiger partial charge in [0.05, 0.1) is 10.5 Å². The van der Waals surface area contributed by atoms with Crippen molar-refractivity contribution >= 4 is 10.0 Å². The van der Waals surface area contributed by atoms with Crippen molar-refractivity contribution in [1.29, 1.82) is 0 Å². The third-order valence-corrected chi connectivity index (χ3v) is 5.25. The number of nitrogens with zero attached hydrogens (tertiary/aromatic N) is 2. The third-order valence-electron chi connectivity index (χ3n) is 3.73. The van der Waals surface area contributed by atoms with E-state index in [1.807, 2.05) is 0 Å². The van der Waals surface area contributed by atoms with Gasteiger partial charge in [-0.2, -0.15) is 4.98 Å². The average Bonchev–Trinajstić information content (AvgIpc) is 3.15. The number of rotatable bonds is 8. The highest BCUT2D eigenvalue weighted by Gasteiger charge is 2.22. The molecule has 0 aliphatic carbocycles. The summed E-state index contributed by atoms with van der Waals surface area (Å²) in [6.07, 6.45) is 0.544. The summed E-state index contributed by atoms with van der Waals surface area (Å²) < 4.78 is 51.3. The van der Waals surface area contributed by atoms with E-state index in [4.69, 9.17) is 9.26 Å². The molecule has 9 heteroatoms. The maximum Gasteiger partial charge on any atom is 0.259 e.